The van der Waals surface area contributed by atoms with E-state index < -0.39 is 0 Å². The third kappa shape index (κ3) is 4.56. The fourth-order valence-electron chi connectivity index (χ4n) is 3.85. The second kappa shape index (κ2) is 9.38. The van der Waals surface area contributed by atoms with E-state index in [2.05, 4.69) is 20.3 Å². The van der Waals surface area contributed by atoms with Gasteiger partial charge in [-0.3, -0.25) is 9.67 Å². The zero-order chi connectivity index (χ0) is 22.6. The summed E-state index contributed by atoms with van der Waals surface area (Å²) in [5.41, 5.74) is 5.39. The normalized spacial score (nSPS) is 12.6. The molecule has 0 saturated carbocycles. The van der Waals surface area contributed by atoms with Gasteiger partial charge >= 0.3 is 6.03 Å². The summed E-state index contributed by atoms with van der Waals surface area (Å²) in [6, 6.07) is 18.7. The molecular formula is C25H23N5O2S. The van der Waals surface area contributed by atoms with Gasteiger partial charge in [0.1, 0.15) is 16.5 Å². The van der Waals surface area contributed by atoms with Gasteiger partial charge < -0.3 is 15.4 Å². The summed E-state index contributed by atoms with van der Waals surface area (Å²) >= 11 is 1.83. The Kier molecular flexibility index (Phi) is 5.99. The number of fused-ring (bicyclic) bond motifs is 1. The summed E-state index contributed by atoms with van der Waals surface area (Å²) in [6.07, 6.45) is 4.70. The van der Waals surface area contributed by atoms with E-state index in [-0.39, 0.29) is 6.03 Å². The molecule has 2 aromatic carbocycles. The summed E-state index contributed by atoms with van der Waals surface area (Å²) in [5.74, 6) is 1.76. The Hall–Kier alpha value is -3.78. The van der Waals surface area contributed by atoms with E-state index in [1.165, 1.54) is 5.03 Å². The molecule has 0 spiro atoms. The number of carbonyl (C=O) groups is 1. The van der Waals surface area contributed by atoms with E-state index >= 15 is 0 Å². The van der Waals surface area contributed by atoms with Crippen molar-refractivity contribution in [1.29, 1.82) is 0 Å². The van der Waals surface area contributed by atoms with Gasteiger partial charge in [0.2, 0.25) is 0 Å². The number of nitrogens with one attached hydrogen (secondary N) is 2. The maximum atomic E-state index is 12.6. The van der Waals surface area contributed by atoms with E-state index in [0.717, 1.165) is 41.1 Å². The fourth-order valence-corrected chi connectivity index (χ4v) is 4.95. The third-order valence-electron chi connectivity index (χ3n) is 5.35. The van der Waals surface area contributed by atoms with Crippen LogP contribution in [0.15, 0.2) is 78.1 Å². The molecule has 2 aromatic heterocycles. The molecule has 0 aliphatic carbocycles. The third-order valence-corrected chi connectivity index (χ3v) is 6.53. The first-order valence-electron chi connectivity index (χ1n) is 10.7. The molecule has 166 valence electrons. The number of aryl methyl sites for hydroxylation is 1. The Morgan fingerprint density at radius 3 is 2.55 bits per heavy atom. The van der Waals surface area contributed by atoms with E-state index in [9.17, 15) is 4.79 Å². The summed E-state index contributed by atoms with van der Waals surface area (Å²) in [5, 5.41) is 11.9. The first kappa shape index (κ1) is 21.1. The first-order valence-corrected chi connectivity index (χ1v) is 11.7. The Bertz CT molecular complexity index is 1290. The number of nitrogens with zero attached hydrogens (tertiary/aromatic N) is 3. The Morgan fingerprint density at radius 2 is 1.76 bits per heavy atom. The quantitative estimate of drug-likeness (QED) is 0.398. The van der Waals surface area contributed by atoms with Gasteiger partial charge in [-0.2, -0.15) is 5.10 Å². The molecule has 0 unspecified atom stereocenters. The highest BCUT2D eigenvalue weighted by Crippen LogP contribution is 2.41. The molecule has 1 aliphatic heterocycles. The predicted octanol–water partition coefficient (Wildman–Crippen LogP) is 5.76. The van der Waals surface area contributed by atoms with Crippen molar-refractivity contribution in [2.75, 3.05) is 23.5 Å². The van der Waals surface area contributed by atoms with Crippen LogP contribution in [0.3, 0.4) is 0 Å². The van der Waals surface area contributed by atoms with Gasteiger partial charge in [0.15, 0.2) is 0 Å². The number of anilines is 2. The van der Waals surface area contributed by atoms with Crippen molar-refractivity contribution in [3.05, 3.63) is 73.1 Å². The average Bonchev–Trinajstić information content (AvgIpc) is 3.24. The number of thioether (sulfide) groups is 1. The average molecular weight is 458 g/mol. The number of hydrogen-bond donors (Lipinski definition) is 2. The van der Waals surface area contributed by atoms with Crippen LogP contribution in [0.2, 0.25) is 0 Å². The molecule has 4 aromatic rings. The number of hydrogen-bond acceptors (Lipinski definition) is 5. The smallest absolute Gasteiger partial charge is 0.323 e. The molecule has 5 rings (SSSR count). The highest BCUT2D eigenvalue weighted by Gasteiger charge is 2.23. The molecule has 2 amide bonds. The monoisotopic (exact) mass is 457 g/mol. The van der Waals surface area contributed by atoms with Crippen LogP contribution in [-0.4, -0.2) is 33.7 Å². The van der Waals surface area contributed by atoms with E-state index in [0.29, 0.717) is 17.1 Å². The minimum atomic E-state index is -0.325. The van der Waals surface area contributed by atoms with Crippen molar-refractivity contribution in [1.82, 2.24) is 14.8 Å². The summed E-state index contributed by atoms with van der Waals surface area (Å²) in [4.78, 5) is 16.7. The van der Waals surface area contributed by atoms with Crippen molar-refractivity contribution < 1.29 is 9.53 Å². The highest BCUT2D eigenvalue weighted by atomic mass is 32.2. The van der Waals surface area contributed by atoms with Gasteiger partial charge in [0.05, 0.1) is 7.11 Å². The standard InChI is InChI=1S/C25H23N5O2S/c1-32-21-8-3-7-20(16-21)28-25(31)27-19-6-2-5-18(15-19)23-22(17-9-11-26-12-10-17)24-30(29-23)13-4-14-33-24/h2-3,5-12,15-16H,4,13-14H2,1H3,(H2,27,28,31). The lowest BCUT2D eigenvalue weighted by Crippen LogP contribution is -2.19. The number of aromatic nitrogens is 3. The zero-order valence-electron chi connectivity index (χ0n) is 18.1. The topological polar surface area (TPSA) is 81.1 Å². The Labute approximate surface area is 196 Å². The summed E-state index contributed by atoms with van der Waals surface area (Å²) in [6.45, 7) is 0.904. The highest BCUT2D eigenvalue weighted by molar-refractivity contribution is 7.99. The van der Waals surface area contributed by atoms with Crippen LogP contribution in [0.25, 0.3) is 22.4 Å². The van der Waals surface area contributed by atoms with E-state index in [1.54, 1.807) is 25.6 Å². The minimum Gasteiger partial charge on any atom is -0.497 e. The van der Waals surface area contributed by atoms with Crippen molar-refractivity contribution >= 4 is 29.2 Å². The molecule has 0 atom stereocenters. The molecule has 3 heterocycles. The molecule has 0 radical (unpaired) electrons. The van der Waals surface area contributed by atoms with Gasteiger partial charge in [-0.1, -0.05) is 18.2 Å². The molecule has 1 aliphatic rings. The van der Waals surface area contributed by atoms with Gasteiger partial charge in [-0.15, -0.1) is 11.8 Å². The van der Waals surface area contributed by atoms with Crippen molar-refractivity contribution in [2.45, 2.75) is 18.0 Å². The van der Waals surface area contributed by atoms with Crippen LogP contribution in [0.5, 0.6) is 5.75 Å². The van der Waals surface area contributed by atoms with Crippen LogP contribution in [0.1, 0.15) is 6.42 Å². The summed E-state index contributed by atoms with van der Waals surface area (Å²) in [7, 11) is 1.59. The van der Waals surface area contributed by atoms with Crippen molar-refractivity contribution in [3.8, 4) is 28.1 Å². The molecule has 2 N–H and O–H groups in total. The Morgan fingerprint density at radius 1 is 1.00 bits per heavy atom. The van der Waals surface area contributed by atoms with E-state index in [4.69, 9.17) is 9.84 Å². The molecule has 7 nitrogen and oxygen atoms in total. The van der Waals surface area contributed by atoms with Crippen LogP contribution < -0.4 is 15.4 Å². The number of amides is 2. The first-order chi connectivity index (χ1) is 16.2. The Balaban J connectivity index is 1.44. The van der Waals surface area contributed by atoms with Gasteiger partial charge in [-0.05, 0) is 48.4 Å². The number of pyridine rings is 1. The lowest BCUT2D eigenvalue weighted by atomic mass is 10.0. The van der Waals surface area contributed by atoms with Crippen molar-refractivity contribution in [2.24, 2.45) is 0 Å². The predicted molar refractivity (Wildman–Crippen MR) is 132 cm³/mol. The molecule has 0 bridgehead atoms. The molecular weight excluding hydrogens is 434 g/mol. The van der Waals surface area contributed by atoms with Crippen LogP contribution in [-0.2, 0) is 6.54 Å². The number of benzene rings is 2. The molecule has 8 heteroatoms. The second-order valence-electron chi connectivity index (χ2n) is 7.58. The lowest BCUT2D eigenvalue weighted by Gasteiger charge is -2.14. The maximum Gasteiger partial charge on any atom is 0.323 e. The molecule has 33 heavy (non-hydrogen) atoms. The fraction of sp³-hybridized carbons (Fsp3) is 0.160. The zero-order valence-corrected chi connectivity index (χ0v) is 18.9. The van der Waals surface area contributed by atoms with Crippen molar-refractivity contribution in [3.63, 3.8) is 0 Å². The largest absolute Gasteiger partial charge is 0.497 e. The van der Waals surface area contributed by atoms with Gasteiger partial charge in [-0.25, -0.2) is 4.79 Å². The maximum absolute atomic E-state index is 12.6. The van der Waals surface area contributed by atoms with Crippen LogP contribution in [0, 0.1) is 0 Å². The number of urea groups is 1. The number of ether oxygens (including phenoxy) is 1. The SMILES string of the molecule is COc1cccc(NC(=O)Nc2cccc(-c3nn4c(c3-c3ccncc3)SCCC4)c2)c1. The van der Waals surface area contributed by atoms with Crippen LogP contribution >= 0.6 is 11.8 Å². The number of rotatable bonds is 5. The lowest BCUT2D eigenvalue weighted by molar-refractivity contribution is 0.262. The van der Waals surface area contributed by atoms with E-state index in [1.807, 2.05) is 66.4 Å². The van der Waals surface area contributed by atoms with Crippen LogP contribution in [0.4, 0.5) is 16.2 Å². The minimum absolute atomic E-state index is 0.325. The van der Waals surface area contributed by atoms with Gasteiger partial charge in [0, 0.05) is 53.3 Å². The summed E-state index contributed by atoms with van der Waals surface area (Å²) < 4.78 is 7.31. The number of carbonyl (C=O) groups excluding carboxylic acids is 1. The number of methoxy groups -OCH3 is 1. The molecule has 0 saturated heterocycles. The second-order valence-corrected chi connectivity index (χ2v) is 8.67. The van der Waals surface area contributed by atoms with Gasteiger partial charge in [0.25, 0.3) is 0 Å². The molecule has 0 fully saturated rings.